The van der Waals surface area contributed by atoms with Gasteiger partial charge in [-0.15, -0.1) is 0 Å². The Bertz CT molecular complexity index is 938. The van der Waals surface area contributed by atoms with Crippen molar-refractivity contribution in [2.24, 2.45) is 0 Å². The minimum absolute atomic E-state index is 0.0654. The highest BCUT2D eigenvalue weighted by atomic mass is 16.3. The van der Waals surface area contributed by atoms with Crippen molar-refractivity contribution in [3.63, 3.8) is 0 Å². The number of aromatic nitrogens is 4. The predicted molar refractivity (Wildman–Crippen MR) is 89.4 cm³/mol. The van der Waals surface area contributed by atoms with E-state index in [2.05, 4.69) is 19.9 Å². The van der Waals surface area contributed by atoms with Crippen molar-refractivity contribution < 1.29 is 9.21 Å². The maximum absolute atomic E-state index is 12.9. The molecule has 0 saturated carbocycles. The van der Waals surface area contributed by atoms with Crippen LogP contribution in [0.4, 0.5) is 5.82 Å². The second-order valence-corrected chi connectivity index (χ2v) is 5.81. The predicted octanol–water partition coefficient (Wildman–Crippen LogP) is 1.62. The summed E-state index contributed by atoms with van der Waals surface area (Å²) in [5.74, 6) is 0.144. The molecule has 0 aromatic carbocycles. The van der Waals surface area contributed by atoms with Crippen molar-refractivity contribution in [3.8, 4) is 11.6 Å². The van der Waals surface area contributed by atoms with E-state index in [4.69, 9.17) is 10.2 Å². The van der Waals surface area contributed by atoms with E-state index in [-0.39, 0.29) is 17.4 Å². The first kappa shape index (κ1) is 15.3. The van der Waals surface area contributed by atoms with E-state index in [0.29, 0.717) is 30.4 Å². The third-order valence-corrected chi connectivity index (χ3v) is 4.20. The number of carbonyl (C=O) groups excluding carboxylic acids is 1. The van der Waals surface area contributed by atoms with Gasteiger partial charge in [-0.1, -0.05) is 6.07 Å². The molecule has 25 heavy (non-hydrogen) atoms. The highest BCUT2D eigenvalue weighted by Crippen LogP contribution is 2.23. The van der Waals surface area contributed by atoms with Gasteiger partial charge in [0.1, 0.15) is 12.0 Å². The fraction of sp³-hybridized carbons (Fsp3) is 0.235. The van der Waals surface area contributed by atoms with E-state index < -0.39 is 0 Å². The Morgan fingerprint density at radius 3 is 2.96 bits per heavy atom. The Kier molecular flexibility index (Phi) is 3.64. The third-order valence-electron chi connectivity index (χ3n) is 4.20. The molecule has 126 valence electrons. The van der Waals surface area contributed by atoms with Crippen molar-refractivity contribution >= 4 is 11.7 Å². The lowest BCUT2D eigenvalue weighted by molar-refractivity contribution is 0.0726. The quantitative estimate of drug-likeness (QED) is 0.757. The summed E-state index contributed by atoms with van der Waals surface area (Å²) in [4.78, 5) is 31.6. The number of hydrogen-bond donors (Lipinski definition) is 1. The van der Waals surface area contributed by atoms with Crippen LogP contribution in [0.3, 0.4) is 0 Å². The molecule has 0 saturated heterocycles. The number of amides is 1. The fourth-order valence-corrected chi connectivity index (χ4v) is 2.91. The number of oxazole rings is 1. The number of aryl methyl sites for hydroxylation is 1. The second-order valence-electron chi connectivity index (χ2n) is 5.81. The average Bonchev–Trinajstić information content (AvgIpc) is 3.16. The van der Waals surface area contributed by atoms with Gasteiger partial charge in [0.2, 0.25) is 5.89 Å². The van der Waals surface area contributed by atoms with Crippen LogP contribution in [0.5, 0.6) is 0 Å². The molecule has 0 aliphatic carbocycles. The number of anilines is 1. The van der Waals surface area contributed by atoms with Crippen LogP contribution in [0, 0.1) is 6.92 Å². The first-order valence-electron chi connectivity index (χ1n) is 7.89. The summed E-state index contributed by atoms with van der Waals surface area (Å²) < 4.78 is 5.24. The van der Waals surface area contributed by atoms with Crippen molar-refractivity contribution in [2.75, 3.05) is 12.3 Å². The van der Waals surface area contributed by atoms with Crippen molar-refractivity contribution in [3.05, 3.63) is 53.4 Å². The maximum Gasteiger partial charge on any atom is 0.276 e. The van der Waals surface area contributed by atoms with Gasteiger partial charge in [-0.2, -0.15) is 0 Å². The molecule has 0 radical (unpaired) electrons. The van der Waals surface area contributed by atoms with E-state index in [0.717, 1.165) is 12.1 Å². The number of nitrogens with zero attached hydrogens (tertiary/aromatic N) is 5. The number of nitrogens with two attached hydrogens (primary N) is 1. The smallest absolute Gasteiger partial charge is 0.276 e. The summed E-state index contributed by atoms with van der Waals surface area (Å²) >= 11 is 0. The summed E-state index contributed by atoms with van der Waals surface area (Å²) in [6.07, 6.45) is 5.46. The van der Waals surface area contributed by atoms with Gasteiger partial charge in [-0.25, -0.2) is 15.0 Å². The Morgan fingerprint density at radius 2 is 2.16 bits per heavy atom. The van der Waals surface area contributed by atoms with Crippen molar-refractivity contribution in [1.29, 1.82) is 0 Å². The minimum atomic E-state index is -0.247. The van der Waals surface area contributed by atoms with E-state index >= 15 is 0 Å². The largest absolute Gasteiger partial charge is 0.443 e. The minimum Gasteiger partial charge on any atom is -0.443 e. The van der Waals surface area contributed by atoms with Crippen LogP contribution in [0.25, 0.3) is 11.6 Å². The number of carbonyl (C=O) groups is 1. The molecule has 0 spiro atoms. The zero-order chi connectivity index (χ0) is 17.4. The average molecular weight is 336 g/mol. The van der Waals surface area contributed by atoms with Gasteiger partial charge in [0, 0.05) is 12.7 Å². The van der Waals surface area contributed by atoms with E-state index in [1.165, 1.54) is 18.0 Å². The van der Waals surface area contributed by atoms with Gasteiger partial charge in [0.25, 0.3) is 5.91 Å². The van der Waals surface area contributed by atoms with E-state index in [1.54, 1.807) is 18.0 Å². The maximum atomic E-state index is 12.9. The van der Waals surface area contributed by atoms with Crippen molar-refractivity contribution in [1.82, 2.24) is 24.8 Å². The van der Waals surface area contributed by atoms with Gasteiger partial charge in [-0.3, -0.25) is 9.78 Å². The summed E-state index contributed by atoms with van der Waals surface area (Å²) in [6, 6.07) is 3.94. The van der Waals surface area contributed by atoms with Crippen molar-refractivity contribution in [2.45, 2.75) is 19.9 Å². The van der Waals surface area contributed by atoms with Crippen LogP contribution >= 0.6 is 0 Å². The Morgan fingerprint density at radius 1 is 1.28 bits per heavy atom. The fourth-order valence-electron chi connectivity index (χ4n) is 2.91. The summed E-state index contributed by atoms with van der Waals surface area (Å²) in [6.45, 7) is 2.78. The Balaban J connectivity index is 1.64. The first-order valence-corrected chi connectivity index (χ1v) is 7.89. The molecule has 1 aliphatic rings. The van der Waals surface area contributed by atoms with Crippen LogP contribution in [0.15, 0.2) is 35.2 Å². The normalized spacial score (nSPS) is 13.6. The lowest BCUT2D eigenvalue weighted by Gasteiger charge is -2.28. The SMILES string of the molecule is Cc1nc(C(=O)N2CCc3cccnc3C2)c(N)nc1-c1ncco1. The van der Waals surface area contributed by atoms with Gasteiger partial charge < -0.3 is 15.1 Å². The topological polar surface area (TPSA) is 111 Å². The molecule has 1 aliphatic heterocycles. The molecule has 2 N–H and O–H groups in total. The molecular formula is C17H16N6O2. The zero-order valence-corrected chi connectivity index (χ0v) is 13.6. The number of rotatable bonds is 2. The molecule has 3 aromatic rings. The molecule has 8 nitrogen and oxygen atoms in total. The van der Waals surface area contributed by atoms with Crippen LogP contribution in [0.1, 0.15) is 27.4 Å². The monoisotopic (exact) mass is 336 g/mol. The molecular weight excluding hydrogens is 320 g/mol. The third kappa shape index (κ3) is 2.71. The number of pyridine rings is 1. The Hall–Kier alpha value is -3.29. The first-order chi connectivity index (χ1) is 12.1. The van der Waals surface area contributed by atoms with E-state index in [9.17, 15) is 4.79 Å². The standard InChI is InChI=1S/C17H16N6O2/c1-10-13(16-20-6-8-25-16)22-15(18)14(21-10)17(24)23-7-4-11-3-2-5-19-12(11)9-23/h2-3,5-6,8H,4,7,9H2,1H3,(H2,18,22). The molecule has 8 heteroatoms. The molecule has 4 heterocycles. The number of nitrogen functional groups attached to an aromatic ring is 1. The summed E-state index contributed by atoms with van der Waals surface area (Å²) in [5, 5.41) is 0. The summed E-state index contributed by atoms with van der Waals surface area (Å²) in [5.41, 5.74) is 9.18. The van der Waals surface area contributed by atoms with Crippen LogP contribution in [-0.2, 0) is 13.0 Å². The van der Waals surface area contributed by atoms with Gasteiger partial charge in [0.05, 0.1) is 24.1 Å². The second kappa shape index (κ2) is 5.97. The van der Waals surface area contributed by atoms with E-state index in [1.807, 2.05) is 12.1 Å². The van der Waals surface area contributed by atoms with Crippen LogP contribution < -0.4 is 5.73 Å². The summed E-state index contributed by atoms with van der Waals surface area (Å²) in [7, 11) is 0. The van der Waals surface area contributed by atoms with Crippen LogP contribution in [0.2, 0.25) is 0 Å². The highest BCUT2D eigenvalue weighted by Gasteiger charge is 2.26. The number of fused-ring (bicyclic) bond motifs is 1. The number of hydrogen-bond acceptors (Lipinski definition) is 7. The van der Waals surface area contributed by atoms with Crippen LogP contribution in [-0.4, -0.2) is 37.3 Å². The zero-order valence-electron chi connectivity index (χ0n) is 13.6. The molecule has 0 atom stereocenters. The molecule has 1 amide bonds. The molecule has 3 aromatic heterocycles. The molecule has 0 unspecified atom stereocenters. The van der Waals surface area contributed by atoms with Gasteiger partial charge in [0.15, 0.2) is 11.5 Å². The highest BCUT2D eigenvalue weighted by molar-refractivity contribution is 5.96. The molecule has 4 rings (SSSR count). The molecule has 0 bridgehead atoms. The molecule has 0 fully saturated rings. The lowest BCUT2D eigenvalue weighted by Crippen LogP contribution is -2.37. The Labute approximate surface area is 143 Å². The van der Waals surface area contributed by atoms with Gasteiger partial charge >= 0.3 is 0 Å². The lowest BCUT2D eigenvalue weighted by atomic mass is 10.0. The van der Waals surface area contributed by atoms with Gasteiger partial charge in [-0.05, 0) is 25.0 Å².